The van der Waals surface area contributed by atoms with Gasteiger partial charge >= 0.3 is 0 Å². The normalized spacial score (nSPS) is 10.6. The first-order valence-electron chi connectivity index (χ1n) is 5.26. The fraction of sp³-hybridized carbons (Fsp3) is 0. The highest BCUT2D eigenvalue weighted by Crippen LogP contribution is 2.30. The standard InChI is InChI=1S/C14H9NOS/c16-9-10-3-4-13-12(8-10)11(5-6-15-13)14-2-1-7-17-14/h1-9H. The maximum atomic E-state index is 10.8. The van der Waals surface area contributed by atoms with Crippen LogP contribution in [0.15, 0.2) is 48.0 Å². The molecule has 0 aliphatic heterocycles. The van der Waals surface area contributed by atoms with Crippen molar-refractivity contribution in [2.24, 2.45) is 0 Å². The highest BCUT2D eigenvalue weighted by atomic mass is 32.1. The van der Waals surface area contributed by atoms with Gasteiger partial charge in [0.1, 0.15) is 6.29 Å². The molecular formula is C14H9NOS. The van der Waals surface area contributed by atoms with Gasteiger partial charge in [0, 0.05) is 27.6 Å². The van der Waals surface area contributed by atoms with Gasteiger partial charge in [-0.05, 0) is 35.7 Å². The van der Waals surface area contributed by atoms with E-state index in [1.165, 1.54) is 4.88 Å². The largest absolute Gasteiger partial charge is 0.298 e. The van der Waals surface area contributed by atoms with E-state index >= 15 is 0 Å². The third-order valence-corrected chi connectivity index (χ3v) is 3.59. The quantitative estimate of drug-likeness (QED) is 0.637. The highest BCUT2D eigenvalue weighted by molar-refractivity contribution is 7.13. The van der Waals surface area contributed by atoms with Crippen LogP contribution < -0.4 is 0 Å². The maximum absolute atomic E-state index is 10.8. The molecular weight excluding hydrogens is 230 g/mol. The van der Waals surface area contributed by atoms with Crippen molar-refractivity contribution in [3.63, 3.8) is 0 Å². The van der Waals surface area contributed by atoms with Gasteiger partial charge in [-0.3, -0.25) is 9.78 Å². The molecule has 3 aromatic rings. The maximum Gasteiger partial charge on any atom is 0.150 e. The molecule has 0 radical (unpaired) electrons. The summed E-state index contributed by atoms with van der Waals surface area (Å²) in [6.45, 7) is 0. The number of hydrogen-bond donors (Lipinski definition) is 0. The molecule has 82 valence electrons. The molecule has 3 rings (SSSR count). The Morgan fingerprint density at radius 3 is 2.88 bits per heavy atom. The zero-order chi connectivity index (χ0) is 11.7. The van der Waals surface area contributed by atoms with Gasteiger partial charge in [-0.25, -0.2) is 0 Å². The molecule has 1 aromatic carbocycles. The van der Waals surface area contributed by atoms with E-state index < -0.39 is 0 Å². The molecule has 0 aliphatic carbocycles. The van der Waals surface area contributed by atoms with Crippen LogP contribution in [0.2, 0.25) is 0 Å². The fourth-order valence-corrected chi connectivity index (χ4v) is 2.65. The Bertz CT molecular complexity index is 674. The van der Waals surface area contributed by atoms with Crippen molar-refractivity contribution in [2.75, 3.05) is 0 Å². The molecule has 0 amide bonds. The molecule has 0 unspecified atom stereocenters. The van der Waals surface area contributed by atoms with E-state index in [1.807, 2.05) is 29.6 Å². The number of aromatic nitrogens is 1. The van der Waals surface area contributed by atoms with Gasteiger partial charge in [0.2, 0.25) is 0 Å². The second kappa shape index (κ2) is 4.11. The van der Waals surface area contributed by atoms with Crippen molar-refractivity contribution >= 4 is 28.5 Å². The number of nitrogens with zero attached hydrogens (tertiary/aromatic N) is 1. The molecule has 17 heavy (non-hydrogen) atoms. The van der Waals surface area contributed by atoms with Crippen molar-refractivity contribution in [1.29, 1.82) is 0 Å². The van der Waals surface area contributed by atoms with Crippen molar-refractivity contribution in [1.82, 2.24) is 4.98 Å². The van der Waals surface area contributed by atoms with Gasteiger partial charge in [0.25, 0.3) is 0 Å². The van der Waals surface area contributed by atoms with Crippen LogP contribution in [0, 0.1) is 0 Å². The second-order valence-corrected chi connectivity index (χ2v) is 4.68. The lowest BCUT2D eigenvalue weighted by molar-refractivity contribution is 0.112. The monoisotopic (exact) mass is 239 g/mol. The van der Waals surface area contributed by atoms with Crippen LogP contribution in [-0.4, -0.2) is 11.3 Å². The fourth-order valence-electron chi connectivity index (χ4n) is 1.88. The summed E-state index contributed by atoms with van der Waals surface area (Å²) < 4.78 is 0. The first-order chi connectivity index (χ1) is 8.38. The molecule has 3 heteroatoms. The number of pyridine rings is 1. The lowest BCUT2D eigenvalue weighted by atomic mass is 10.1. The molecule has 0 aliphatic rings. The van der Waals surface area contributed by atoms with Crippen molar-refractivity contribution in [3.05, 3.63) is 53.5 Å². The number of carbonyl (C=O) groups is 1. The molecule has 2 nitrogen and oxygen atoms in total. The van der Waals surface area contributed by atoms with Gasteiger partial charge in [-0.1, -0.05) is 6.07 Å². The summed E-state index contributed by atoms with van der Waals surface area (Å²) >= 11 is 1.69. The molecule has 0 bridgehead atoms. The third kappa shape index (κ3) is 1.74. The minimum Gasteiger partial charge on any atom is -0.298 e. The first-order valence-corrected chi connectivity index (χ1v) is 6.14. The molecule has 0 saturated carbocycles. The second-order valence-electron chi connectivity index (χ2n) is 3.73. The smallest absolute Gasteiger partial charge is 0.150 e. The van der Waals surface area contributed by atoms with Crippen molar-refractivity contribution in [2.45, 2.75) is 0 Å². The topological polar surface area (TPSA) is 30.0 Å². The van der Waals surface area contributed by atoms with E-state index in [1.54, 1.807) is 23.6 Å². The van der Waals surface area contributed by atoms with Crippen molar-refractivity contribution < 1.29 is 4.79 Å². The Balaban J connectivity index is 2.34. The average Bonchev–Trinajstić information content (AvgIpc) is 2.91. The minimum atomic E-state index is 0.684. The van der Waals surface area contributed by atoms with E-state index in [9.17, 15) is 4.79 Å². The molecule has 2 heterocycles. The number of fused-ring (bicyclic) bond motifs is 1. The van der Waals surface area contributed by atoms with E-state index in [2.05, 4.69) is 11.1 Å². The lowest BCUT2D eigenvalue weighted by Crippen LogP contribution is -1.85. The van der Waals surface area contributed by atoms with Gasteiger partial charge in [0.15, 0.2) is 0 Å². The highest BCUT2D eigenvalue weighted by Gasteiger charge is 2.05. The predicted molar refractivity (Wildman–Crippen MR) is 70.4 cm³/mol. The molecule has 0 fully saturated rings. The van der Waals surface area contributed by atoms with E-state index in [-0.39, 0.29) is 0 Å². The Hall–Kier alpha value is -2.00. The number of hydrogen-bond acceptors (Lipinski definition) is 3. The Morgan fingerprint density at radius 2 is 2.12 bits per heavy atom. The van der Waals surface area contributed by atoms with Crippen LogP contribution in [-0.2, 0) is 0 Å². The van der Waals surface area contributed by atoms with E-state index in [0.29, 0.717) is 5.56 Å². The summed E-state index contributed by atoms with van der Waals surface area (Å²) in [7, 11) is 0. The summed E-state index contributed by atoms with van der Waals surface area (Å²) in [6, 6.07) is 11.7. The van der Waals surface area contributed by atoms with E-state index in [4.69, 9.17) is 0 Å². The summed E-state index contributed by atoms with van der Waals surface area (Å²) in [6.07, 6.45) is 2.67. The SMILES string of the molecule is O=Cc1ccc2nccc(-c3cccs3)c2c1. The molecule has 0 spiro atoms. The van der Waals surface area contributed by atoms with Gasteiger partial charge in [0.05, 0.1) is 5.52 Å². The zero-order valence-corrected chi connectivity index (χ0v) is 9.78. The molecule has 0 saturated heterocycles. The van der Waals surface area contributed by atoms with Crippen LogP contribution >= 0.6 is 11.3 Å². The Morgan fingerprint density at radius 1 is 1.18 bits per heavy atom. The third-order valence-electron chi connectivity index (χ3n) is 2.69. The molecule has 0 atom stereocenters. The van der Waals surface area contributed by atoms with Gasteiger partial charge in [-0.15, -0.1) is 11.3 Å². The van der Waals surface area contributed by atoms with Crippen LogP contribution in [0.3, 0.4) is 0 Å². The summed E-state index contributed by atoms with van der Waals surface area (Å²) in [5.41, 5.74) is 2.73. The average molecular weight is 239 g/mol. The van der Waals surface area contributed by atoms with Crippen LogP contribution in [0.4, 0.5) is 0 Å². The number of thiophene rings is 1. The van der Waals surface area contributed by atoms with Crippen molar-refractivity contribution in [3.8, 4) is 10.4 Å². The molecule has 2 aromatic heterocycles. The summed E-state index contributed by atoms with van der Waals surface area (Å²) in [5.74, 6) is 0. The predicted octanol–water partition coefficient (Wildman–Crippen LogP) is 3.78. The van der Waals surface area contributed by atoms with Crippen LogP contribution in [0.5, 0.6) is 0 Å². The summed E-state index contributed by atoms with van der Waals surface area (Å²) in [5, 5.41) is 3.07. The minimum absolute atomic E-state index is 0.684. The number of aldehydes is 1. The first kappa shape index (κ1) is 10.2. The summed E-state index contributed by atoms with van der Waals surface area (Å²) in [4.78, 5) is 16.3. The van der Waals surface area contributed by atoms with Gasteiger partial charge < -0.3 is 0 Å². The Labute approximate surface area is 103 Å². The molecule has 0 N–H and O–H groups in total. The lowest BCUT2D eigenvalue weighted by Gasteiger charge is -2.04. The number of rotatable bonds is 2. The van der Waals surface area contributed by atoms with Crippen LogP contribution in [0.25, 0.3) is 21.3 Å². The number of benzene rings is 1. The zero-order valence-electron chi connectivity index (χ0n) is 8.96. The van der Waals surface area contributed by atoms with Gasteiger partial charge in [-0.2, -0.15) is 0 Å². The van der Waals surface area contributed by atoms with Crippen LogP contribution in [0.1, 0.15) is 10.4 Å². The Kier molecular flexibility index (Phi) is 2.46. The van der Waals surface area contributed by atoms with E-state index in [0.717, 1.165) is 22.8 Å². The number of carbonyl (C=O) groups excluding carboxylic acids is 1.